The molecule has 0 aromatic heterocycles. The zero-order valence-electron chi connectivity index (χ0n) is 33.4. The fourth-order valence-electron chi connectivity index (χ4n) is 9.30. The molecule has 11 aromatic carbocycles. The number of nitrogens with zero attached hydrogens (tertiary/aromatic N) is 4. The Morgan fingerprint density at radius 1 is 0.288 bits per heavy atom. The molecule has 5 heteroatoms. The number of benzene rings is 11. The van der Waals surface area contributed by atoms with Crippen LogP contribution in [0.2, 0.25) is 5.02 Å². The van der Waals surface area contributed by atoms with E-state index in [4.69, 9.17) is 11.6 Å². The van der Waals surface area contributed by atoms with E-state index < -0.39 is 0 Å². The summed E-state index contributed by atoms with van der Waals surface area (Å²) in [5, 5.41) is 15.5. The average molecular weight is 781 g/mol. The van der Waals surface area contributed by atoms with Gasteiger partial charge in [-0.2, -0.15) is 0 Å². The molecule has 284 valence electrons. The van der Waals surface area contributed by atoms with Gasteiger partial charge in [-0.3, -0.25) is 0 Å². The van der Waals surface area contributed by atoms with Gasteiger partial charge in [-0.05, 0) is 127 Å². The van der Waals surface area contributed by atoms with Crippen LogP contribution < -0.4 is 19.6 Å². The third kappa shape index (κ3) is 5.51. The molecule has 0 aliphatic rings. The molecule has 0 saturated carbocycles. The van der Waals surface area contributed by atoms with E-state index in [2.05, 4.69) is 224 Å². The fourth-order valence-corrected chi connectivity index (χ4v) is 9.59. The van der Waals surface area contributed by atoms with E-state index in [1.165, 1.54) is 64.6 Å². The van der Waals surface area contributed by atoms with Crippen LogP contribution in [0.25, 0.3) is 64.6 Å². The van der Waals surface area contributed by atoms with Gasteiger partial charge in [-0.1, -0.05) is 115 Å². The second kappa shape index (κ2) is 13.5. The van der Waals surface area contributed by atoms with Crippen molar-refractivity contribution in [2.75, 3.05) is 47.8 Å². The average Bonchev–Trinajstić information content (AvgIpc) is 3.27. The molecule has 0 aliphatic carbocycles. The third-order valence-corrected chi connectivity index (χ3v) is 12.6. The minimum Gasteiger partial charge on any atom is -0.378 e. The highest BCUT2D eigenvalue weighted by molar-refractivity contribution is 6.37. The van der Waals surface area contributed by atoms with Crippen LogP contribution in [0.3, 0.4) is 0 Å². The summed E-state index contributed by atoms with van der Waals surface area (Å²) in [5.74, 6) is 0. The predicted molar refractivity (Wildman–Crippen MR) is 257 cm³/mol. The molecular weight excluding hydrogens is 740 g/mol. The van der Waals surface area contributed by atoms with E-state index in [1.54, 1.807) is 0 Å². The van der Waals surface area contributed by atoms with Gasteiger partial charge in [0.1, 0.15) is 0 Å². The molecule has 59 heavy (non-hydrogen) atoms. The maximum atomic E-state index is 7.97. The van der Waals surface area contributed by atoms with E-state index in [9.17, 15) is 0 Å². The van der Waals surface area contributed by atoms with Crippen LogP contribution >= 0.6 is 11.6 Å². The normalized spacial score (nSPS) is 11.8. The molecule has 0 bridgehead atoms. The molecule has 0 N–H and O–H groups in total. The first-order valence-electron chi connectivity index (χ1n) is 20.1. The Bertz CT molecular complexity index is 3100. The second-order valence-electron chi connectivity index (χ2n) is 16.0. The van der Waals surface area contributed by atoms with Crippen molar-refractivity contribution >= 4 is 122 Å². The van der Waals surface area contributed by atoms with Crippen molar-refractivity contribution in [2.45, 2.75) is 0 Å². The number of rotatable bonds is 8. The van der Waals surface area contributed by atoms with Gasteiger partial charge >= 0.3 is 0 Å². The standard InChI is InChI=1S/C54H41ClN4/c1-56(2)40-22-26-42(27-23-40)58(46-32-20-38-16-14-34-8-5-10-36-18-30-44(46)52(38)50(34)36)48-12-7-13-49(54(48)55)59(43-28-24-41(25-29-43)57(3)4)47-33-21-39-17-15-35-9-6-11-37-19-31-45(47)53(39)51(35)37/h5-33H,1-4H3. The summed E-state index contributed by atoms with van der Waals surface area (Å²) in [4.78, 5) is 8.95. The number of halogens is 1. The molecule has 0 atom stereocenters. The quantitative estimate of drug-likeness (QED) is 0.142. The molecular formula is C54H41ClN4. The zero-order valence-corrected chi connectivity index (χ0v) is 34.2. The Labute approximate surface area is 349 Å². The topological polar surface area (TPSA) is 13.0 Å². The number of hydrogen-bond donors (Lipinski definition) is 0. The van der Waals surface area contributed by atoms with E-state index in [0.29, 0.717) is 5.02 Å². The van der Waals surface area contributed by atoms with E-state index in [-0.39, 0.29) is 0 Å². The number of hydrogen-bond acceptors (Lipinski definition) is 4. The second-order valence-corrected chi connectivity index (χ2v) is 16.4. The van der Waals surface area contributed by atoms with E-state index in [1.807, 2.05) is 0 Å². The molecule has 0 fully saturated rings. The van der Waals surface area contributed by atoms with Crippen LogP contribution in [0.1, 0.15) is 0 Å². The van der Waals surface area contributed by atoms with Gasteiger partial charge in [0.2, 0.25) is 0 Å². The first kappa shape index (κ1) is 35.2. The molecule has 0 spiro atoms. The first-order valence-corrected chi connectivity index (χ1v) is 20.5. The predicted octanol–water partition coefficient (Wildman–Crippen LogP) is 15.2. The maximum absolute atomic E-state index is 7.97. The summed E-state index contributed by atoms with van der Waals surface area (Å²) in [6, 6.07) is 64.2. The highest BCUT2D eigenvalue weighted by Gasteiger charge is 2.26. The van der Waals surface area contributed by atoms with Crippen LogP contribution in [0.5, 0.6) is 0 Å². The van der Waals surface area contributed by atoms with Crippen molar-refractivity contribution in [3.63, 3.8) is 0 Å². The van der Waals surface area contributed by atoms with Crippen LogP contribution in [0, 0.1) is 0 Å². The molecule has 0 aliphatic heterocycles. The van der Waals surface area contributed by atoms with Gasteiger partial charge in [-0.15, -0.1) is 0 Å². The summed E-state index contributed by atoms with van der Waals surface area (Å²) in [5.41, 5.74) is 8.22. The lowest BCUT2D eigenvalue weighted by atomic mass is 9.93. The fraction of sp³-hybridized carbons (Fsp3) is 0.0741. The van der Waals surface area contributed by atoms with Crippen LogP contribution in [0.4, 0.5) is 45.5 Å². The molecule has 0 amide bonds. The molecule has 0 radical (unpaired) electrons. The Hall–Kier alpha value is -7.01. The van der Waals surface area contributed by atoms with Crippen molar-refractivity contribution in [2.24, 2.45) is 0 Å². The lowest BCUT2D eigenvalue weighted by Crippen LogP contribution is -2.15. The minimum absolute atomic E-state index is 0.650. The highest BCUT2D eigenvalue weighted by Crippen LogP contribution is 2.51. The third-order valence-electron chi connectivity index (χ3n) is 12.2. The molecule has 11 rings (SSSR count). The van der Waals surface area contributed by atoms with Crippen LogP contribution in [0.15, 0.2) is 176 Å². The Balaban J connectivity index is 1.18. The largest absolute Gasteiger partial charge is 0.378 e. The molecule has 11 aromatic rings. The molecule has 0 unspecified atom stereocenters. The van der Waals surface area contributed by atoms with Gasteiger partial charge in [0.15, 0.2) is 0 Å². The Morgan fingerprint density at radius 2 is 0.593 bits per heavy atom. The monoisotopic (exact) mass is 780 g/mol. The maximum Gasteiger partial charge on any atom is 0.0887 e. The van der Waals surface area contributed by atoms with Crippen LogP contribution in [-0.2, 0) is 0 Å². The van der Waals surface area contributed by atoms with E-state index in [0.717, 1.165) is 45.5 Å². The Morgan fingerprint density at radius 3 is 0.966 bits per heavy atom. The smallest absolute Gasteiger partial charge is 0.0887 e. The zero-order chi connectivity index (χ0) is 39.9. The summed E-state index contributed by atoms with van der Waals surface area (Å²) in [6.07, 6.45) is 0. The SMILES string of the molecule is CN(C)c1ccc(N(c2cccc(N(c3ccc(N(C)C)cc3)c3ccc4ccc5cccc6ccc3c4c56)c2Cl)c2ccc3ccc4cccc5ccc2c3c45)cc1. The van der Waals surface area contributed by atoms with E-state index >= 15 is 0 Å². The number of anilines is 8. The lowest BCUT2D eigenvalue weighted by Gasteiger charge is -2.32. The van der Waals surface area contributed by atoms with Gasteiger partial charge in [0, 0.05) is 61.7 Å². The minimum atomic E-state index is 0.650. The molecule has 0 heterocycles. The molecule has 0 saturated heterocycles. The summed E-state index contributed by atoms with van der Waals surface area (Å²) in [6.45, 7) is 0. The van der Waals surface area contributed by atoms with Crippen molar-refractivity contribution < 1.29 is 0 Å². The van der Waals surface area contributed by atoms with Gasteiger partial charge < -0.3 is 19.6 Å². The van der Waals surface area contributed by atoms with Crippen molar-refractivity contribution in [1.82, 2.24) is 0 Å². The van der Waals surface area contributed by atoms with Gasteiger partial charge in [0.05, 0.1) is 27.8 Å². The first-order chi connectivity index (χ1) is 28.8. The molecule has 4 nitrogen and oxygen atoms in total. The lowest BCUT2D eigenvalue weighted by molar-refractivity contribution is 1.13. The van der Waals surface area contributed by atoms with Crippen molar-refractivity contribution in [3.05, 3.63) is 181 Å². The summed E-state index contributed by atoms with van der Waals surface area (Å²) >= 11 is 7.97. The van der Waals surface area contributed by atoms with Gasteiger partial charge in [0.25, 0.3) is 0 Å². The summed E-state index contributed by atoms with van der Waals surface area (Å²) < 4.78 is 0. The van der Waals surface area contributed by atoms with Crippen molar-refractivity contribution in [3.8, 4) is 0 Å². The van der Waals surface area contributed by atoms with Crippen molar-refractivity contribution in [1.29, 1.82) is 0 Å². The van der Waals surface area contributed by atoms with Gasteiger partial charge in [-0.25, -0.2) is 0 Å². The summed E-state index contributed by atoms with van der Waals surface area (Å²) in [7, 11) is 8.30. The highest BCUT2D eigenvalue weighted by atomic mass is 35.5. The Kier molecular flexibility index (Phi) is 8.08. The van der Waals surface area contributed by atoms with Crippen LogP contribution in [-0.4, -0.2) is 28.2 Å².